The van der Waals surface area contributed by atoms with Crippen LogP contribution < -0.4 is 0 Å². The third kappa shape index (κ3) is 4.80. The van der Waals surface area contributed by atoms with E-state index in [0.717, 1.165) is 17.1 Å². The second-order valence-corrected chi connectivity index (χ2v) is 6.79. The number of benzene rings is 1. The number of hydrogen-bond donors (Lipinski definition) is 1. The highest BCUT2D eigenvalue weighted by Gasteiger charge is 2.32. The Morgan fingerprint density at radius 2 is 2.19 bits per heavy atom. The van der Waals surface area contributed by atoms with E-state index < -0.39 is 6.09 Å². The Labute approximate surface area is 134 Å². The number of halogens is 1. The second-order valence-electron chi connectivity index (χ2n) is 5.03. The standard InChI is InChI=1S/C15H20ClNO3S/c1-2-21-10-14-8-17(15(18)19)13(9-20-14)7-11-3-5-12(16)6-4-11/h3-6,13-14H,2,7-10H2,1H3,(H,18,19)/t13-,14+/m0/s1. The zero-order valence-corrected chi connectivity index (χ0v) is 13.6. The first-order valence-electron chi connectivity index (χ1n) is 7.03. The van der Waals surface area contributed by atoms with E-state index in [-0.39, 0.29) is 12.1 Å². The van der Waals surface area contributed by atoms with Crippen LogP contribution in [-0.2, 0) is 11.2 Å². The first kappa shape index (κ1) is 16.5. The SMILES string of the molecule is CCSC[C@H]1CN(C(=O)O)[C@@H](Cc2ccc(Cl)cc2)CO1. The average Bonchev–Trinajstić information content (AvgIpc) is 2.48. The Kier molecular flexibility index (Phi) is 6.21. The van der Waals surface area contributed by atoms with Gasteiger partial charge in [-0.15, -0.1) is 0 Å². The molecule has 1 aromatic rings. The highest BCUT2D eigenvalue weighted by Crippen LogP contribution is 2.20. The molecule has 4 nitrogen and oxygen atoms in total. The molecule has 0 bridgehead atoms. The molecule has 0 saturated carbocycles. The van der Waals surface area contributed by atoms with Crippen LogP contribution in [0.15, 0.2) is 24.3 Å². The molecule has 0 unspecified atom stereocenters. The van der Waals surface area contributed by atoms with Gasteiger partial charge in [0.2, 0.25) is 0 Å². The van der Waals surface area contributed by atoms with Gasteiger partial charge in [0.05, 0.1) is 25.3 Å². The summed E-state index contributed by atoms with van der Waals surface area (Å²) < 4.78 is 5.82. The lowest BCUT2D eigenvalue weighted by Gasteiger charge is -2.38. The van der Waals surface area contributed by atoms with Gasteiger partial charge in [-0.05, 0) is 29.9 Å². The van der Waals surface area contributed by atoms with Crippen molar-refractivity contribution < 1.29 is 14.6 Å². The van der Waals surface area contributed by atoms with Gasteiger partial charge in [0.25, 0.3) is 0 Å². The Balaban J connectivity index is 1.98. The third-order valence-corrected chi connectivity index (χ3v) is 4.77. The van der Waals surface area contributed by atoms with E-state index >= 15 is 0 Å². The van der Waals surface area contributed by atoms with Crippen LogP contribution in [0.5, 0.6) is 0 Å². The van der Waals surface area contributed by atoms with Crippen LogP contribution in [-0.4, -0.2) is 52.9 Å². The summed E-state index contributed by atoms with van der Waals surface area (Å²) in [4.78, 5) is 13.0. The van der Waals surface area contributed by atoms with Crippen LogP contribution in [0.2, 0.25) is 5.02 Å². The number of carboxylic acid groups (broad SMARTS) is 1. The number of nitrogens with zero attached hydrogens (tertiary/aromatic N) is 1. The number of amides is 1. The predicted molar refractivity (Wildman–Crippen MR) is 86.4 cm³/mol. The van der Waals surface area contributed by atoms with Crippen molar-refractivity contribution in [2.24, 2.45) is 0 Å². The molecule has 0 aromatic heterocycles. The Morgan fingerprint density at radius 3 is 2.81 bits per heavy atom. The topological polar surface area (TPSA) is 49.8 Å². The molecule has 1 N–H and O–H groups in total. The summed E-state index contributed by atoms with van der Waals surface area (Å²) in [6, 6.07) is 7.38. The molecule has 1 fully saturated rings. The van der Waals surface area contributed by atoms with Crippen LogP contribution in [0.25, 0.3) is 0 Å². The lowest BCUT2D eigenvalue weighted by Crippen LogP contribution is -2.53. The van der Waals surface area contributed by atoms with E-state index in [1.165, 1.54) is 4.90 Å². The van der Waals surface area contributed by atoms with Crippen molar-refractivity contribution in [2.45, 2.75) is 25.5 Å². The van der Waals surface area contributed by atoms with Gasteiger partial charge in [0.15, 0.2) is 0 Å². The van der Waals surface area contributed by atoms with Crippen LogP contribution in [0.4, 0.5) is 4.79 Å². The number of morpholine rings is 1. The molecule has 0 spiro atoms. The maximum atomic E-state index is 11.5. The highest BCUT2D eigenvalue weighted by molar-refractivity contribution is 7.99. The van der Waals surface area contributed by atoms with E-state index in [1.807, 2.05) is 24.3 Å². The number of hydrogen-bond acceptors (Lipinski definition) is 3. The summed E-state index contributed by atoms with van der Waals surface area (Å²) >= 11 is 7.65. The van der Waals surface area contributed by atoms with Gasteiger partial charge >= 0.3 is 6.09 Å². The van der Waals surface area contributed by atoms with Gasteiger partial charge in [0.1, 0.15) is 0 Å². The fourth-order valence-corrected chi connectivity index (χ4v) is 3.23. The Hall–Kier alpha value is -0.910. The van der Waals surface area contributed by atoms with E-state index in [2.05, 4.69) is 6.92 Å². The molecule has 6 heteroatoms. The van der Waals surface area contributed by atoms with Crippen LogP contribution >= 0.6 is 23.4 Å². The van der Waals surface area contributed by atoms with E-state index in [0.29, 0.717) is 24.6 Å². The van der Waals surface area contributed by atoms with Gasteiger partial charge < -0.3 is 14.7 Å². The maximum absolute atomic E-state index is 11.5. The predicted octanol–water partition coefficient (Wildman–Crippen LogP) is 3.38. The maximum Gasteiger partial charge on any atom is 0.407 e. The van der Waals surface area contributed by atoms with Crippen molar-refractivity contribution in [3.63, 3.8) is 0 Å². The summed E-state index contributed by atoms with van der Waals surface area (Å²) in [7, 11) is 0. The summed E-state index contributed by atoms with van der Waals surface area (Å²) in [5, 5.41) is 10.1. The molecule has 2 rings (SSSR count). The summed E-state index contributed by atoms with van der Waals surface area (Å²) in [6.45, 7) is 2.98. The van der Waals surface area contributed by atoms with Crippen molar-refractivity contribution >= 4 is 29.5 Å². The molecule has 21 heavy (non-hydrogen) atoms. The molecule has 0 aliphatic carbocycles. The van der Waals surface area contributed by atoms with E-state index in [9.17, 15) is 9.90 Å². The summed E-state index contributed by atoms with van der Waals surface area (Å²) in [5.41, 5.74) is 1.07. The minimum absolute atomic E-state index is 0.00693. The lowest BCUT2D eigenvalue weighted by molar-refractivity contribution is -0.0429. The van der Waals surface area contributed by atoms with Gasteiger partial charge in [-0.1, -0.05) is 30.7 Å². The van der Waals surface area contributed by atoms with Crippen LogP contribution in [0, 0.1) is 0 Å². The first-order chi connectivity index (χ1) is 10.1. The third-order valence-electron chi connectivity index (χ3n) is 3.50. The van der Waals surface area contributed by atoms with Crippen molar-refractivity contribution in [3.05, 3.63) is 34.9 Å². The van der Waals surface area contributed by atoms with Gasteiger partial charge in [-0.25, -0.2) is 4.79 Å². The molecule has 0 radical (unpaired) electrons. The molecule has 2 atom stereocenters. The van der Waals surface area contributed by atoms with Crippen LogP contribution in [0.1, 0.15) is 12.5 Å². The number of rotatable bonds is 5. The summed E-state index contributed by atoms with van der Waals surface area (Å²) in [5.74, 6) is 1.86. The van der Waals surface area contributed by atoms with Crippen molar-refractivity contribution in [2.75, 3.05) is 24.7 Å². The van der Waals surface area contributed by atoms with E-state index in [1.54, 1.807) is 11.8 Å². The molecule has 1 heterocycles. The highest BCUT2D eigenvalue weighted by atomic mass is 35.5. The molecular formula is C15H20ClNO3S. The van der Waals surface area contributed by atoms with Crippen molar-refractivity contribution in [3.8, 4) is 0 Å². The number of carbonyl (C=O) groups is 1. The minimum Gasteiger partial charge on any atom is -0.465 e. The molecule has 1 aliphatic heterocycles. The smallest absolute Gasteiger partial charge is 0.407 e. The average molecular weight is 330 g/mol. The number of thioether (sulfide) groups is 1. The molecule has 1 aliphatic rings. The van der Waals surface area contributed by atoms with Crippen molar-refractivity contribution in [1.82, 2.24) is 4.90 Å². The van der Waals surface area contributed by atoms with Crippen LogP contribution in [0.3, 0.4) is 0 Å². The normalized spacial score (nSPS) is 22.3. The van der Waals surface area contributed by atoms with Gasteiger partial charge in [-0.2, -0.15) is 11.8 Å². The molecule has 1 aromatic carbocycles. The zero-order chi connectivity index (χ0) is 15.2. The molecule has 1 amide bonds. The van der Waals surface area contributed by atoms with Crippen molar-refractivity contribution in [1.29, 1.82) is 0 Å². The Morgan fingerprint density at radius 1 is 1.48 bits per heavy atom. The lowest BCUT2D eigenvalue weighted by atomic mass is 10.0. The minimum atomic E-state index is -0.872. The number of ether oxygens (including phenoxy) is 1. The van der Waals surface area contributed by atoms with Gasteiger partial charge in [-0.3, -0.25) is 0 Å². The second kappa shape index (κ2) is 7.92. The molecule has 116 valence electrons. The first-order valence-corrected chi connectivity index (χ1v) is 8.56. The monoisotopic (exact) mass is 329 g/mol. The quantitative estimate of drug-likeness (QED) is 0.899. The fraction of sp³-hybridized carbons (Fsp3) is 0.533. The Bertz CT molecular complexity index is 468. The fourth-order valence-electron chi connectivity index (χ4n) is 2.40. The van der Waals surface area contributed by atoms with Gasteiger partial charge in [0, 0.05) is 10.8 Å². The zero-order valence-electron chi connectivity index (χ0n) is 12.0. The van der Waals surface area contributed by atoms with E-state index in [4.69, 9.17) is 16.3 Å². The summed E-state index contributed by atoms with van der Waals surface area (Å²) in [6.07, 6.45) is -0.229. The molecular weight excluding hydrogens is 310 g/mol. The largest absolute Gasteiger partial charge is 0.465 e. The molecule has 1 saturated heterocycles.